The molecule has 30 heavy (non-hydrogen) atoms. The summed E-state index contributed by atoms with van der Waals surface area (Å²) in [6, 6.07) is 0.907. The van der Waals surface area contributed by atoms with Crippen LogP contribution in [-0.2, 0) is 17.1 Å². The number of ether oxygens (including phenoxy) is 1. The lowest BCUT2D eigenvalue weighted by Crippen LogP contribution is -2.43. The average Bonchev–Trinajstić information content (AvgIpc) is 3.20. The van der Waals surface area contributed by atoms with Gasteiger partial charge in [-0.3, -0.25) is 4.79 Å². The van der Waals surface area contributed by atoms with Gasteiger partial charge in [-0.2, -0.15) is 0 Å². The highest BCUT2D eigenvalue weighted by Crippen LogP contribution is 2.34. The van der Waals surface area contributed by atoms with Gasteiger partial charge >= 0.3 is 0 Å². The SMILES string of the molecule is Cl.Cn1cc2c(c1C(=O)Nc1cc(F)c(F)c(F)c1)OCC1CNCC1NS2(=O)=O. The third kappa shape index (κ3) is 3.87. The van der Waals surface area contributed by atoms with Crippen LogP contribution in [0.4, 0.5) is 18.9 Å². The lowest BCUT2D eigenvalue weighted by atomic mass is 10.1. The Balaban J connectivity index is 0.00000256. The summed E-state index contributed by atoms with van der Waals surface area (Å²) < 4.78 is 75.0. The summed E-state index contributed by atoms with van der Waals surface area (Å²) in [6.45, 7) is 1.17. The summed E-state index contributed by atoms with van der Waals surface area (Å²) in [6.07, 6.45) is 1.22. The smallest absolute Gasteiger partial charge is 0.276 e. The second-order valence-corrected chi connectivity index (χ2v) is 8.63. The van der Waals surface area contributed by atoms with Crippen LogP contribution in [0.2, 0.25) is 0 Å². The van der Waals surface area contributed by atoms with Crippen molar-refractivity contribution in [1.82, 2.24) is 14.6 Å². The summed E-state index contributed by atoms with van der Waals surface area (Å²) in [4.78, 5) is 12.5. The van der Waals surface area contributed by atoms with E-state index in [0.717, 1.165) is 0 Å². The number of aryl methyl sites for hydroxylation is 1. The van der Waals surface area contributed by atoms with E-state index in [9.17, 15) is 26.4 Å². The number of nitrogens with zero attached hydrogens (tertiary/aromatic N) is 1. The predicted octanol–water partition coefficient (Wildman–Crippen LogP) is 1.38. The van der Waals surface area contributed by atoms with Crippen molar-refractivity contribution >= 4 is 34.0 Å². The summed E-state index contributed by atoms with van der Waals surface area (Å²) in [5.74, 6) is -5.75. The number of halogens is 4. The first-order chi connectivity index (χ1) is 13.7. The highest BCUT2D eigenvalue weighted by Gasteiger charge is 2.38. The molecule has 4 rings (SSSR count). The molecule has 2 aromatic rings. The van der Waals surface area contributed by atoms with Crippen LogP contribution in [0, 0.1) is 23.4 Å². The molecule has 0 saturated carbocycles. The topological polar surface area (TPSA) is 101 Å². The quantitative estimate of drug-likeness (QED) is 0.580. The number of rotatable bonds is 2. The fourth-order valence-corrected chi connectivity index (χ4v) is 4.99. The third-order valence-corrected chi connectivity index (χ3v) is 6.42. The lowest BCUT2D eigenvalue weighted by Gasteiger charge is -2.24. The first kappa shape index (κ1) is 22.4. The molecule has 2 unspecified atom stereocenters. The zero-order valence-corrected chi connectivity index (χ0v) is 17.2. The lowest BCUT2D eigenvalue weighted by molar-refractivity contribution is 0.101. The van der Waals surface area contributed by atoms with E-state index in [1.165, 1.54) is 17.8 Å². The van der Waals surface area contributed by atoms with Crippen LogP contribution in [0.1, 0.15) is 10.5 Å². The number of carbonyl (C=O) groups is 1. The number of sulfonamides is 1. The van der Waals surface area contributed by atoms with Gasteiger partial charge in [0.05, 0.1) is 6.61 Å². The van der Waals surface area contributed by atoms with Gasteiger partial charge in [0.2, 0.25) is 10.0 Å². The van der Waals surface area contributed by atoms with E-state index in [1.807, 2.05) is 0 Å². The predicted molar refractivity (Wildman–Crippen MR) is 103 cm³/mol. The Labute approximate surface area is 176 Å². The molecular formula is C17H18ClF3N4O4S. The first-order valence-corrected chi connectivity index (χ1v) is 10.2. The molecule has 1 fully saturated rings. The van der Waals surface area contributed by atoms with Crippen molar-refractivity contribution in [2.24, 2.45) is 13.0 Å². The van der Waals surface area contributed by atoms with Crippen LogP contribution in [0.3, 0.4) is 0 Å². The number of fused-ring (bicyclic) bond motifs is 2. The van der Waals surface area contributed by atoms with Gasteiger partial charge in [-0.1, -0.05) is 0 Å². The van der Waals surface area contributed by atoms with E-state index in [1.54, 1.807) is 0 Å². The van der Waals surface area contributed by atoms with E-state index >= 15 is 0 Å². The molecule has 1 aromatic heterocycles. The Morgan fingerprint density at radius 3 is 2.57 bits per heavy atom. The number of carbonyl (C=O) groups excluding carboxylic acids is 1. The van der Waals surface area contributed by atoms with Crippen LogP contribution in [0.25, 0.3) is 0 Å². The number of hydrogen-bond donors (Lipinski definition) is 3. The monoisotopic (exact) mass is 466 g/mol. The minimum atomic E-state index is -3.97. The molecular weight excluding hydrogens is 449 g/mol. The number of hydrogen-bond acceptors (Lipinski definition) is 5. The molecule has 0 bridgehead atoms. The number of nitrogens with one attached hydrogen (secondary N) is 3. The fraction of sp³-hybridized carbons (Fsp3) is 0.353. The number of amides is 1. The molecule has 3 N–H and O–H groups in total. The van der Waals surface area contributed by atoms with Crippen molar-refractivity contribution in [3.8, 4) is 5.75 Å². The minimum Gasteiger partial charge on any atom is -0.489 e. The summed E-state index contributed by atoms with van der Waals surface area (Å²) in [5, 5.41) is 5.32. The van der Waals surface area contributed by atoms with Crippen LogP contribution in [0.15, 0.2) is 23.2 Å². The van der Waals surface area contributed by atoms with Crippen LogP contribution < -0.4 is 20.1 Å². The molecule has 8 nitrogen and oxygen atoms in total. The van der Waals surface area contributed by atoms with Crippen LogP contribution in [0.5, 0.6) is 5.75 Å². The van der Waals surface area contributed by atoms with Gasteiger partial charge in [0.15, 0.2) is 28.9 Å². The zero-order valence-electron chi connectivity index (χ0n) is 15.5. The van der Waals surface area contributed by atoms with Crippen LogP contribution in [-0.4, -0.2) is 44.6 Å². The largest absolute Gasteiger partial charge is 0.489 e. The highest BCUT2D eigenvalue weighted by molar-refractivity contribution is 7.89. The molecule has 1 aromatic carbocycles. The summed E-state index contributed by atoms with van der Waals surface area (Å²) >= 11 is 0. The van der Waals surface area contributed by atoms with E-state index in [2.05, 4.69) is 15.4 Å². The zero-order chi connectivity index (χ0) is 20.9. The van der Waals surface area contributed by atoms with Crippen molar-refractivity contribution in [3.05, 3.63) is 41.5 Å². The van der Waals surface area contributed by atoms with Crippen molar-refractivity contribution in [2.75, 3.05) is 25.0 Å². The average molecular weight is 467 g/mol. The molecule has 2 aliphatic rings. The Morgan fingerprint density at radius 2 is 1.90 bits per heavy atom. The second kappa shape index (κ2) is 8.10. The van der Waals surface area contributed by atoms with Gasteiger partial charge in [0.25, 0.3) is 5.91 Å². The van der Waals surface area contributed by atoms with Gasteiger partial charge < -0.3 is 19.9 Å². The molecule has 2 aliphatic heterocycles. The van der Waals surface area contributed by atoms with E-state index in [4.69, 9.17) is 4.74 Å². The number of anilines is 1. The summed E-state index contributed by atoms with van der Waals surface area (Å²) in [5.41, 5.74) is -0.479. The Kier molecular flexibility index (Phi) is 6.05. The van der Waals surface area contributed by atoms with E-state index in [0.29, 0.717) is 25.2 Å². The fourth-order valence-electron chi connectivity index (χ4n) is 3.49. The molecule has 1 amide bonds. The molecule has 0 radical (unpaired) electrons. The van der Waals surface area contributed by atoms with E-state index < -0.39 is 33.4 Å². The highest BCUT2D eigenvalue weighted by atomic mass is 35.5. The van der Waals surface area contributed by atoms with Gasteiger partial charge in [-0.25, -0.2) is 26.3 Å². The van der Waals surface area contributed by atoms with Crippen molar-refractivity contribution < 1.29 is 31.1 Å². The minimum absolute atomic E-state index is 0. The van der Waals surface area contributed by atoms with Gasteiger partial charge in [0, 0.05) is 56.1 Å². The molecule has 1 saturated heterocycles. The van der Waals surface area contributed by atoms with Gasteiger partial charge in [0.1, 0.15) is 4.90 Å². The van der Waals surface area contributed by atoms with Crippen molar-refractivity contribution in [3.63, 3.8) is 0 Å². The molecule has 0 spiro atoms. The molecule has 164 valence electrons. The van der Waals surface area contributed by atoms with Crippen LogP contribution >= 0.6 is 12.4 Å². The van der Waals surface area contributed by atoms with E-state index in [-0.39, 0.29) is 53.0 Å². The summed E-state index contributed by atoms with van der Waals surface area (Å²) in [7, 11) is -2.53. The number of aromatic nitrogens is 1. The molecule has 0 aliphatic carbocycles. The first-order valence-electron chi connectivity index (χ1n) is 8.68. The molecule has 13 heteroatoms. The normalized spacial score (nSPS) is 22.0. The maximum atomic E-state index is 13.4. The standard InChI is InChI=1S/C17H17F3N4O4S.ClH/c1-24-6-13-16(28-7-8-4-21-5-12(8)23-29(13,26)27)15(24)17(25)22-9-2-10(18)14(20)11(19)3-9;/h2-3,6,8,12,21,23H,4-5,7H2,1H3,(H,22,25);1H. The van der Waals surface area contributed by atoms with Crippen molar-refractivity contribution in [2.45, 2.75) is 10.9 Å². The molecule has 3 heterocycles. The Morgan fingerprint density at radius 1 is 1.23 bits per heavy atom. The maximum absolute atomic E-state index is 13.4. The van der Waals surface area contributed by atoms with Gasteiger partial charge in [-0.15, -0.1) is 12.4 Å². The van der Waals surface area contributed by atoms with Gasteiger partial charge in [-0.05, 0) is 0 Å². The number of benzene rings is 1. The Bertz CT molecular complexity index is 1090. The molecule has 2 atom stereocenters. The second-order valence-electron chi connectivity index (χ2n) is 6.95. The van der Waals surface area contributed by atoms with Crippen molar-refractivity contribution in [1.29, 1.82) is 0 Å². The Hall–Kier alpha value is -2.28. The maximum Gasteiger partial charge on any atom is 0.276 e. The third-order valence-electron chi connectivity index (χ3n) is 4.94.